The fourth-order valence-electron chi connectivity index (χ4n) is 3.71. The summed E-state index contributed by atoms with van der Waals surface area (Å²) in [7, 11) is -3.63. The normalized spacial score (nSPS) is 23.6. The Balaban J connectivity index is 1.69. The van der Waals surface area contributed by atoms with Crippen LogP contribution in [0, 0.1) is 13.8 Å². The molecule has 8 heteroatoms. The third-order valence-electron chi connectivity index (χ3n) is 4.80. The first-order valence-corrected chi connectivity index (χ1v) is 10.1. The molecule has 2 aliphatic rings. The molecule has 1 aliphatic heterocycles. The summed E-state index contributed by atoms with van der Waals surface area (Å²) in [5.74, 6) is -0.468. The highest BCUT2D eigenvalue weighted by atomic mass is 32.2. The lowest BCUT2D eigenvalue weighted by atomic mass is 10.2. The van der Waals surface area contributed by atoms with Crippen molar-refractivity contribution in [3.8, 4) is 0 Å². The summed E-state index contributed by atoms with van der Waals surface area (Å²) in [5, 5.41) is 4.36. The highest BCUT2D eigenvalue weighted by molar-refractivity contribution is 7.89. The number of hydrogen-bond acceptors (Lipinski definition) is 5. The molecule has 3 rings (SSSR count). The molecule has 0 radical (unpaired) electrons. The van der Waals surface area contributed by atoms with E-state index in [1.165, 1.54) is 0 Å². The summed E-state index contributed by atoms with van der Waals surface area (Å²) >= 11 is 0. The lowest BCUT2D eigenvalue weighted by Crippen LogP contribution is -2.35. The minimum Gasteiger partial charge on any atom is -0.347 e. The van der Waals surface area contributed by atoms with E-state index in [1.54, 1.807) is 18.5 Å². The van der Waals surface area contributed by atoms with Gasteiger partial charge in [-0.1, -0.05) is 0 Å². The number of hydrogen-bond donors (Lipinski definition) is 1. The lowest BCUT2D eigenvalue weighted by molar-refractivity contribution is -0.160. The van der Waals surface area contributed by atoms with E-state index < -0.39 is 15.8 Å². The van der Waals surface area contributed by atoms with Crippen molar-refractivity contribution in [2.24, 2.45) is 0 Å². The van der Waals surface area contributed by atoms with E-state index in [-0.39, 0.29) is 23.6 Å². The molecule has 1 atom stereocenters. The second-order valence-corrected chi connectivity index (χ2v) is 8.76. The average molecular weight is 357 g/mol. The quantitative estimate of drug-likeness (QED) is 0.872. The fourth-order valence-corrected chi connectivity index (χ4v) is 5.17. The summed E-state index contributed by atoms with van der Waals surface area (Å²) in [6.45, 7) is 8.13. The van der Waals surface area contributed by atoms with Gasteiger partial charge >= 0.3 is 0 Å². The Morgan fingerprint density at radius 1 is 1.33 bits per heavy atom. The number of nitrogens with one attached hydrogen (secondary N) is 1. The summed E-state index contributed by atoms with van der Waals surface area (Å²) in [5.41, 5.74) is 1.18. The lowest BCUT2D eigenvalue weighted by Gasteiger charge is -2.22. The van der Waals surface area contributed by atoms with Crippen LogP contribution in [0.3, 0.4) is 0 Å². The number of nitrogens with zero attached hydrogens (tertiary/aromatic N) is 2. The van der Waals surface area contributed by atoms with Crippen molar-refractivity contribution >= 4 is 10.0 Å². The van der Waals surface area contributed by atoms with E-state index in [2.05, 4.69) is 9.82 Å². The number of sulfonamides is 1. The molecule has 1 aromatic heterocycles. The van der Waals surface area contributed by atoms with Gasteiger partial charge in [0.05, 0.1) is 24.1 Å². The van der Waals surface area contributed by atoms with Crippen LogP contribution < -0.4 is 4.72 Å². The van der Waals surface area contributed by atoms with Gasteiger partial charge in [-0.25, -0.2) is 13.1 Å². The van der Waals surface area contributed by atoms with Gasteiger partial charge < -0.3 is 9.47 Å². The molecule has 136 valence electrons. The Morgan fingerprint density at radius 3 is 2.58 bits per heavy atom. The summed E-state index contributed by atoms with van der Waals surface area (Å²) < 4.78 is 41.6. The summed E-state index contributed by atoms with van der Waals surface area (Å²) in [4.78, 5) is 0.269. The molecule has 1 aliphatic carbocycles. The molecule has 24 heavy (non-hydrogen) atoms. The van der Waals surface area contributed by atoms with Crippen LogP contribution in [0.4, 0.5) is 0 Å². The van der Waals surface area contributed by atoms with Gasteiger partial charge in [-0.2, -0.15) is 5.10 Å². The number of rotatable bonds is 5. The van der Waals surface area contributed by atoms with Crippen LogP contribution >= 0.6 is 0 Å². The van der Waals surface area contributed by atoms with E-state index in [0.29, 0.717) is 18.0 Å². The van der Waals surface area contributed by atoms with Crippen LogP contribution in [0.2, 0.25) is 0 Å². The summed E-state index contributed by atoms with van der Waals surface area (Å²) in [6.07, 6.45) is 3.76. The molecule has 0 amide bonds. The van der Waals surface area contributed by atoms with E-state index in [1.807, 2.05) is 13.8 Å². The monoisotopic (exact) mass is 357 g/mol. The fraction of sp³-hybridized carbons (Fsp3) is 0.812. The zero-order valence-corrected chi connectivity index (χ0v) is 15.6. The third kappa shape index (κ3) is 3.24. The standard InChI is InChI=1S/C16H27N3O4S/c1-11(2)19-13(4)15(12(3)18-19)24(20,21)17-9-14-10-22-16(23-14)7-5-6-8-16/h11,14,17H,5-10H2,1-4H3/t14-/m0/s1. The average Bonchev–Trinajstić information content (AvgIpc) is 3.19. The van der Waals surface area contributed by atoms with Crippen molar-refractivity contribution in [3.05, 3.63) is 11.4 Å². The molecule has 1 spiro atoms. The van der Waals surface area contributed by atoms with E-state index in [9.17, 15) is 8.42 Å². The first-order valence-electron chi connectivity index (χ1n) is 8.61. The maximum Gasteiger partial charge on any atom is 0.244 e. The van der Waals surface area contributed by atoms with Crippen molar-refractivity contribution in [2.45, 2.75) is 76.2 Å². The molecule has 0 bridgehead atoms. The third-order valence-corrected chi connectivity index (χ3v) is 6.47. The highest BCUT2D eigenvalue weighted by Crippen LogP contribution is 2.39. The van der Waals surface area contributed by atoms with Gasteiger partial charge in [0.25, 0.3) is 0 Å². The van der Waals surface area contributed by atoms with Crippen LogP contribution in [0.25, 0.3) is 0 Å². The van der Waals surface area contributed by atoms with E-state index in [4.69, 9.17) is 9.47 Å². The molecule has 1 N–H and O–H groups in total. The largest absolute Gasteiger partial charge is 0.347 e. The topological polar surface area (TPSA) is 82.5 Å². The Bertz CT molecular complexity index is 705. The molecule has 1 aromatic rings. The number of ether oxygens (including phenoxy) is 2. The van der Waals surface area contributed by atoms with Crippen molar-refractivity contribution in [1.29, 1.82) is 0 Å². The van der Waals surface area contributed by atoms with Gasteiger partial charge in [0, 0.05) is 25.4 Å². The van der Waals surface area contributed by atoms with Crippen LogP contribution in [-0.4, -0.2) is 43.2 Å². The van der Waals surface area contributed by atoms with E-state index >= 15 is 0 Å². The molecule has 2 heterocycles. The minimum absolute atomic E-state index is 0.112. The maximum atomic E-state index is 12.7. The Morgan fingerprint density at radius 2 is 2.00 bits per heavy atom. The molecule has 1 saturated carbocycles. The maximum absolute atomic E-state index is 12.7. The van der Waals surface area contributed by atoms with Gasteiger partial charge in [-0.05, 0) is 40.5 Å². The SMILES string of the molecule is Cc1nn(C(C)C)c(C)c1S(=O)(=O)NC[C@H]1COC2(CCCC2)O1. The van der Waals surface area contributed by atoms with Crippen LogP contribution in [0.5, 0.6) is 0 Å². The molecule has 0 aromatic carbocycles. The Kier molecular flexibility index (Phi) is 4.76. The van der Waals surface area contributed by atoms with Gasteiger partial charge in [-0.3, -0.25) is 4.68 Å². The van der Waals surface area contributed by atoms with Gasteiger partial charge in [0.2, 0.25) is 10.0 Å². The second kappa shape index (κ2) is 6.40. The van der Waals surface area contributed by atoms with Crippen LogP contribution in [0.1, 0.15) is 57.0 Å². The highest BCUT2D eigenvalue weighted by Gasteiger charge is 2.43. The van der Waals surface area contributed by atoms with Crippen molar-refractivity contribution in [1.82, 2.24) is 14.5 Å². The molecule has 2 fully saturated rings. The molecule has 7 nitrogen and oxygen atoms in total. The first kappa shape index (κ1) is 17.8. The predicted molar refractivity (Wildman–Crippen MR) is 89.3 cm³/mol. The van der Waals surface area contributed by atoms with Gasteiger partial charge in [-0.15, -0.1) is 0 Å². The zero-order chi connectivity index (χ0) is 17.5. The molecule has 1 saturated heterocycles. The van der Waals surface area contributed by atoms with E-state index in [0.717, 1.165) is 25.7 Å². The second-order valence-electron chi connectivity index (χ2n) is 7.06. The minimum atomic E-state index is -3.63. The zero-order valence-electron chi connectivity index (χ0n) is 14.8. The number of aromatic nitrogens is 2. The van der Waals surface area contributed by atoms with Crippen molar-refractivity contribution < 1.29 is 17.9 Å². The summed E-state index contributed by atoms with van der Waals surface area (Å²) in [6, 6.07) is 0.112. The van der Waals surface area contributed by atoms with Crippen molar-refractivity contribution in [2.75, 3.05) is 13.2 Å². The van der Waals surface area contributed by atoms with Gasteiger partial charge in [0.15, 0.2) is 5.79 Å². The molecule has 0 unspecified atom stereocenters. The van der Waals surface area contributed by atoms with Crippen molar-refractivity contribution in [3.63, 3.8) is 0 Å². The Hall–Kier alpha value is -0.960. The predicted octanol–water partition coefficient (Wildman–Crippen LogP) is 2.04. The molecular weight excluding hydrogens is 330 g/mol. The van der Waals surface area contributed by atoms with Crippen LogP contribution in [-0.2, 0) is 19.5 Å². The van der Waals surface area contributed by atoms with Crippen LogP contribution in [0.15, 0.2) is 4.90 Å². The molecular formula is C16H27N3O4S. The smallest absolute Gasteiger partial charge is 0.244 e. The first-order chi connectivity index (χ1) is 11.2. The Labute approximate surface area is 143 Å². The van der Waals surface area contributed by atoms with Gasteiger partial charge in [0.1, 0.15) is 4.90 Å². The number of aryl methyl sites for hydroxylation is 1.